The summed E-state index contributed by atoms with van der Waals surface area (Å²) in [6.45, 7) is 1.41. The van der Waals surface area contributed by atoms with E-state index in [1.165, 1.54) is 38.2 Å². The van der Waals surface area contributed by atoms with Gasteiger partial charge >= 0.3 is 0 Å². The Morgan fingerprint density at radius 3 is 2.60 bits per heavy atom. The Morgan fingerprint density at radius 2 is 1.77 bits per heavy atom. The predicted octanol–water partition coefficient (Wildman–Crippen LogP) is 5.67. The number of hydrogen-bond donors (Lipinski definition) is 0. The minimum absolute atomic E-state index is 0.0177. The van der Waals surface area contributed by atoms with Crippen molar-refractivity contribution in [3.8, 4) is 0 Å². The summed E-state index contributed by atoms with van der Waals surface area (Å²) in [6, 6.07) is 14.8. The van der Waals surface area contributed by atoms with E-state index >= 15 is 0 Å². The number of nitrogens with zero attached hydrogens (tertiary/aromatic N) is 3. The van der Waals surface area contributed by atoms with E-state index in [0.717, 1.165) is 35.7 Å². The van der Waals surface area contributed by atoms with E-state index in [-0.39, 0.29) is 17.6 Å². The fourth-order valence-corrected chi connectivity index (χ4v) is 5.21. The molecule has 1 aromatic heterocycles. The molecule has 3 aromatic rings. The van der Waals surface area contributed by atoms with Crippen molar-refractivity contribution < 1.29 is 9.18 Å². The largest absolute Gasteiger partial charge is 0.328 e. The molecule has 1 amide bonds. The number of rotatable bonds is 5. The lowest BCUT2D eigenvalue weighted by Gasteiger charge is -2.23. The molecule has 0 spiro atoms. The van der Waals surface area contributed by atoms with Crippen molar-refractivity contribution in [2.45, 2.75) is 57.4 Å². The molecule has 0 radical (unpaired) electrons. The Morgan fingerprint density at radius 1 is 1.00 bits per heavy atom. The van der Waals surface area contributed by atoms with Crippen molar-refractivity contribution in [3.63, 3.8) is 0 Å². The van der Waals surface area contributed by atoms with Gasteiger partial charge in [-0.25, -0.2) is 9.37 Å². The van der Waals surface area contributed by atoms with Crippen molar-refractivity contribution in [2.24, 2.45) is 5.92 Å². The van der Waals surface area contributed by atoms with E-state index in [1.54, 1.807) is 23.1 Å². The molecule has 5 rings (SSSR count). The first-order valence-electron chi connectivity index (χ1n) is 11.2. The van der Waals surface area contributed by atoms with Crippen molar-refractivity contribution in [2.75, 3.05) is 11.4 Å². The van der Waals surface area contributed by atoms with Crippen LogP contribution in [0.2, 0.25) is 0 Å². The van der Waals surface area contributed by atoms with Crippen LogP contribution in [-0.2, 0) is 11.3 Å². The van der Waals surface area contributed by atoms with Gasteiger partial charge in [0.2, 0.25) is 5.91 Å². The van der Waals surface area contributed by atoms with Crippen LogP contribution in [0.1, 0.15) is 56.7 Å². The lowest BCUT2D eigenvalue weighted by molar-refractivity contribution is -0.117. The van der Waals surface area contributed by atoms with Crippen LogP contribution in [0.15, 0.2) is 48.5 Å². The Hall–Kier alpha value is -2.69. The van der Waals surface area contributed by atoms with E-state index in [4.69, 9.17) is 4.98 Å². The van der Waals surface area contributed by atoms with Crippen molar-refractivity contribution in [1.29, 1.82) is 0 Å². The van der Waals surface area contributed by atoms with Gasteiger partial charge in [0.05, 0.1) is 16.7 Å². The molecule has 5 heteroatoms. The van der Waals surface area contributed by atoms with E-state index in [1.807, 2.05) is 12.1 Å². The maximum Gasteiger partial charge on any atom is 0.227 e. The summed E-state index contributed by atoms with van der Waals surface area (Å²) in [7, 11) is 0. The first-order chi connectivity index (χ1) is 14.7. The van der Waals surface area contributed by atoms with Gasteiger partial charge in [0.25, 0.3) is 0 Å². The van der Waals surface area contributed by atoms with Gasteiger partial charge in [0.1, 0.15) is 11.6 Å². The molecule has 2 aromatic carbocycles. The monoisotopic (exact) mass is 405 g/mol. The average Bonchev–Trinajstić information content (AvgIpc) is 3.34. The van der Waals surface area contributed by atoms with E-state index in [0.29, 0.717) is 18.7 Å². The molecule has 156 valence electrons. The van der Waals surface area contributed by atoms with Gasteiger partial charge in [-0.2, -0.15) is 0 Å². The summed E-state index contributed by atoms with van der Waals surface area (Å²) in [5.74, 6) is 1.36. The van der Waals surface area contributed by atoms with Gasteiger partial charge in [-0.05, 0) is 36.6 Å². The lowest BCUT2D eigenvalue weighted by atomic mass is 9.87. The van der Waals surface area contributed by atoms with Gasteiger partial charge in [-0.1, -0.05) is 56.4 Å². The topological polar surface area (TPSA) is 38.1 Å². The van der Waals surface area contributed by atoms with Gasteiger partial charge in [0, 0.05) is 25.4 Å². The van der Waals surface area contributed by atoms with Crippen LogP contribution in [0.5, 0.6) is 0 Å². The minimum atomic E-state index is -0.350. The van der Waals surface area contributed by atoms with Gasteiger partial charge in [0.15, 0.2) is 0 Å². The van der Waals surface area contributed by atoms with Crippen LogP contribution in [-0.4, -0.2) is 22.0 Å². The smallest absolute Gasteiger partial charge is 0.227 e. The van der Waals surface area contributed by atoms with E-state index in [9.17, 15) is 9.18 Å². The molecule has 30 heavy (non-hydrogen) atoms. The number of hydrogen-bond acceptors (Lipinski definition) is 2. The summed E-state index contributed by atoms with van der Waals surface area (Å²) in [5, 5.41) is 0. The summed E-state index contributed by atoms with van der Waals surface area (Å²) in [4.78, 5) is 19.3. The lowest BCUT2D eigenvalue weighted by Crippen LogP contribution is -2.25. The van der Waals surface area contributed by atoms with Crippen LogP contribution >= 0.6 is 0 Å². The maximum absolute atomic E-state index is 14.3. The second kappa shape index (κ2) is 8.21. The standard InChI is InChI=1S/C25H28FN3O/c26-20-10-4-6-12-22(20)29-17-19(16-24(29)30)25-27-21-11-5-7-13-23(21)28(25)15-14-18-8-2-1-3-9-18/h4-7,10-13,18-19H,1-3,8-9,14-17H2. The van der Waals surface area contributed by atoms with Crippen molar-refractivity contribution in [3.05, 3.63) is 60.2 Å². The first kappa shape index (κ1) is 19.3. The predicted molar refractivity (Wildman–Crippen MR) is 117 cm³/mol. The van der Waals surface area contributed by atoms with Crippen LogP contribution in [0, 0.1) is 11.7 Å². The molecule has 1 atom stereocenters. The molecule has 0 N–H and O–H groups in total. The molecule has 1 aliphatic heterocycles. The highest BCUT2D eigenvalue weighted by atomic mass is 19.1. The third-order valence-corrected chi connectivity index (χ3v) is 6.80. The number of amides is 1. The summed E-state index contributed by atoms with van der Waals surface area (Å²) < 4.78 is 16.6. The quantitative estimate of drug-likeness (QED) is 0.549. The highest BCUT2D eigenvalue weighted by Gasteiger charge is 2.35. The van der Waals surface area contributed by atoms with Crippen LogP contribution in [0.4, 0.5) is 10.1 Å². The number of aromatic nitrogens is 2. The molecule has 1 saturated carbocycles. The summed E-state index contributed by atoms with van der Waals surface area (Å²) in [5.41, 5.74) is 2.49. The van der Waals surface area contributed by atoms with Crippen molar-refractivity contribution in [1.82, 2.24) is 9.55 Å². The molecule has 4 nitrogen and oxygen atoms in total. The van der Waals surface area contributed by atoms with Gasteiger partial charge < -0.3 is 9.47 Å². The zero-order chi connectivity index (χ0) is 20.5. The Labute approximate surface area is 176 Å². The highest BCUT2D eigenvalue weighted by Crippen LogP contribution is 2.35. The van der Waals surface area contributed by atoms with E-state index in [2.05, 4.69) is 16.7 Å². The Bertz CT molecular complexity index is 1050. The third-order valence-electron chi connectivity index (χ3n) is 6.80. The number of para-hydroxylation sites is 3. The number of carbonyl (C=O) groups excluding carboxylic acids is 1. The van der Waals surface area contributed by atoms with Gasteiger partial charge in [-0.3, -0.25) is 4.79 Å². The number of halogens is 1. The average molecular weight is 406 g/mol. The number of aryl methyl sites for hydroxylation is 1. The molecule has 2 aliphatic rings. The molecule has 1 unspecified atom stereocenters. The fraction of sp³-hybridized carbons (Fsp3) is 0.440. The number of fused-ring (bicyclic) bond motifs is 1. The molecule has 1 aliphatic carbocycles. The molecule has 2 heterocycles. The zero-order valence-corrected chi connectivity index (χ0v) is 17.3. The second-order valence-corrected chi connectivity index (χ2v) is 8.76. The zero-order valence-electron chi connectivity index (χ0n) is 17.3. The van der Waals surface area contributed by atoms with Crippen molar-refractivity contribution >= 4 is 22.6 Å². The van der Waals surface area contributed by atoms with Crippen LogP contribution < -0.4 is 4.90 Å². The van der Waals surface area contributed by atoms with Crippen LogP contribution in [0.25, 0.3) is 11.0 Å². The van der Waals surface area contributed by atoms with Gasteiger partial charge in [-0.15, -0.1) is 0 Å². The summed E-state index contributed by atoms with van der Waals surface area (Å²) >= 11 is 0. The maximum atomic E-state index is 14.3. The highest BCUT2D eigenvalue weighted by molar-refractivity contribution is 5.96. The molecule has 0 bridgehead atoms. The number of imidazole rings is 1. The molecular weight excluding hydrogens is 377 g/mol. The SMILES string of the molecule is O=C1CC(c2nc3ccccc3n2CCC2CCCCC2)CN1c1ccccc1F. The van der Waals surface area contributed by atoms with E-state index < -0.39 is 0 Å². The Kier molecular flexibility index (Phi) is 5.28. The number of carbonyl (C=O) groups is 1. The minimum Gasteiger partial charge on any atom is -0.328 e. The third kappa shape index (κ3) is 3.62. The number of anilines is 1. The molecule has 1 saturated heterocycles. The molecular formula is C25H28FN3O. The second-order valence-electron chi connectivity index (χ2n) is 8.76. The molecule has 2 fully saturated rings. The van der Waals surface area contributed by atoms with Crippen LogP contribution in [0.3, 0.4) is 0 Å². The number of benzene rings is 2. The normalized spacial score (nSPS) is 20.4. The summed E-state index contributed by atoms with van der Waals surface area (Å²) in [6.07, 6.45) is 8.24. The fourth-order valence-electron chi connectivity index (χ4n) is 5.21. The Balaban J connectivity index is 1.43. The first-order valence-corrected chi connectivity index (χ1v) is 11.2.